The summed E-state index contributed by atoms with van der Waals surface area (Å²) in [6.07, 6.45) is -2.43. The third-order valence-corrected chi connectivity index (χ3v) is 2.07. The molecule has 0 radical (unpaired) electrons. The lowest BCUT2D eigenvalue weighted by molar-refractivity contribution is -0.191. The topological polar surface area (TPSA) is 61.5 Å². The lowest BCUT2D eigenvalue weighted by Gasteiger charge is -2.30. The molecule has 2 aliphatic heterocycles. The van der Waals surface area contributed by atoms with E-state index in [2.05, 4.69) is 25.3 Å². The van der Waals surface area contributed by atoms with Crippen LogP contribution in [-0.2, 0) is 0 Å². The number of nitrogens with one attached hydrogen (secondary N) is 1. The minimum Gasteiger partial charge on any atom is -0.267 e. The van der Waals surface area contributed by atoms with Crippen molar-refractivity contribution in [1.82, 2.24) is 5.32 Å². The van der Waals surface area contributed by atoms with Crippen molar-refractivity contribution in [3.05, 3.63) is 0 Å². The van der Waals surface area contributed by atoms with Crippen LogP contribution in [0.4, 0.5) is 13.2 Å². The second-order valence-corrected chi connectivity index (χ2v) is 3.15. The molecule has 16 heavy (non-hydrogen) atoms. The number of alkyl halides is 3. The normalized spacial score (nSPS) is 27.8. The SMILES string of the molecule is CCNC1(C(F)(F)F)N=CC2=NC=NC2=N1. The molecule has 0 saturated heterocycles. The Labute approximate surface area is 88.9 Å². The van der Waals surface area contributed by atoms with Crippen LogP contribution in [0.2, 0.25) is 0 Å². The number of fused-ring (bicyclic) bond motifs is 1. The van der Waals surface area contributed by atoms with Crippen molar-refractivity contribution in [2.45, 2.75) is 18.9 Å². The van der Waals surface area contributed by atoms with Crippen LogP contribution in [0.1, 0.15) is 6.92 Å². The molecule has 0 fully saturated rings. The van der Waals surface area contributed by atoms with Crippen molar-refractivity contribution in [2.75, 3.05) is 6.54 Å². The van der Waals surface area contributed by atoms with Gasteiger partial charge in [-0.15, -0.1) is 0 Å². The fraction of sp³-hybridized carbons (Fsp3) is 0.500. The molecule has 1 atom stereocenters. The monoisotopic (exact) mass is 231 g/mol. The highest BCUT2D eigenvalue weighted by Gasteiger charge is 2.56. The average molecular weight is 231 g/mol. The van der Waals surface area contributed by atoms with Crippen LogP contribution in [0.15, 0.2) is 20.0 Å². The van der Waals surface area contributed by atoms with E-state index in [1.54, 1.807) is 6.92 Å². The fourth-order valence-corrected chi connectivity index (χ4v) is 1.35. The first-order chi connectivity index (χ1) is 7.48. The van der Waals surface area contributed by atoms with Gasteiger partial charge < -0.3 is 0 Å². The summed E-state index contributed by atoms with van der Waals surface area (Å²) < 4.78 is 38.6. The van der Waals surface area contributed by atoms with Gasteiger partial charge in [0.15, 0.2) is 5.84 Å². The molecule has 2 heterocycles. The molecule has 86 valence electrons. The van der Waals surface area contributed by atoms with Crippen LogP contribution >= 0.6 is 0 Å². The number of hydrogen-bond donors (Lipinski definition) is 1. The van der Waals surface area contributed by atoms with Gasteiger partial charge in [0.25, 0.3) is 0 Å². The summed E-state index contributed by atoms with van der Waals surface area (Å²) in [7, 11) is 0. The maximum atomic E-state index is 12.9. The Morgan fingerprint density at radius 2 is 2.19 bits per heavy atom. The largest absolute Gasteiger partial charge is 0.449 e. The first kappa shape index (κ1) is 10.9. The zero-order valence-electron chi connectivity index (χ0n) is 8.28. The fourth-order valence-electron chi connectivity index (χ4n) is 1.35. The van der Waals surface area contributed by atoms with Gasteiger partial charge in [-0.05, 0) is 6.54 Å². The van der Waals surface area contributed by atoms with Crippen molar-refractivity contribution >= 4 is 24.1 Å². The highest BCUT2D eigenvalue weighted by Crippen LogP contribution is 2.34. The summed E-state index contributed by atoms with van der Waals surface area (Å²) in [6, 6.07) is 0. The van der Waals surface area contributed by atoms with E-state index in [-0.39, 0.29) is 18.1 Å². The van der Waals surface area contributed by atoms with Gasteiger partial charge >= 0.3 is 12.0 Å². The summed E-state index contributed by atoms with van der Waals surface area (Å²) in [5.74, 6) is -2.68. The Morgan fingerprint density at radius 1 is 1.44 bits per heavy atom. The van der Waals surface area contributed by atoms with E-state index in [0.717, 1.165) is 12.6 Å². The van der Waals surface area contributed by atoms with Gasteiger partial charge in [-0.2, -0.15) is 13.2 Å². The number of amidine groups is 1. The molecule has 0 aromatic heterocycles. The maximum absolute atomic E-state index is 12.9. The molecule has 2 rings (SSSR count). The molecule has 0 aromatic rings. The van der Waals surface area contributed by atoms with Crippen LogP contribution in [0.3, 0.4) is 0 Å². The van der Waals surface area contributed by atoms with Gasteiger partial charge in [0.2, 0.25) is 0 Å². The van der Waals surface area contributed by atoms with E-state index in [1.807, 2.05) is 0 Å². The van der Waals surface area contributed by atoms with Crippen molar-refractivity contribution in [3.63, 3.8) is 0 Å². The molecule has 0 saturated carbocycles. The van der Waals surface area contributed by atoms with E-state index in [9.17, 15) is 13.2 Å². The van der Waals surface area contributed by atoms with Gasteiger partial charge in [0.1, 0.15) is 12.1 Å². The number of hydrogen-bond acceptors (Lipinski definition) is 5. The predicted molar refractivity (Wildman–Crippen MR) is 54.3 cm³/mol. The zero-order chi connectivity index (χ0) is 11.8. The molecule has 0 spiro atoms. The molecular weight excluding hydrogens is 223 g/mol. The summed E-state index contributed by atoms with van der Waals surface area (Å²) in [6.45, 7) is 1.63. The highest BCUT2D eigenvalue weighted by atomic mass is 19.4. The molecular formula is C8H8F3N5. The Bertz CT molecular complexity index is 420. The van der Waals surface area contributed by atoms with Crippen LogP contribution in [0.25, 0.3) is 0 Å². The summed E-state index contributed by atoms with van der Waals surface area (Å²) in [5.41, 5.74) is 0.248. The van der Waals surface area contributed by atoms with Crippen molar-refractivity contribution in [1.29, 1.82) is 0 Å². The molecule has 8 heteroatoms. The minimum absolute atomic E-state index is 0.0479. The smallest absolute Gasteiger partial charge is 0.267 e. The van der Waals surface area contributed by atoms with E-state index in [4.69, 9.17) is 0 Å². The highest BCUT2D eigenvalue weighted by molar-refractivity contribution is 6.65. The van der Waals surface area contributed by atoms with Gasteiger partial charge in [0.05, 0.1) is 6.21 Å². The summed E-state index contributed by atoms with van der Waals surface area (Å²) in [5, 5.41) is 2.21. The Kier molecular flexibility index (Phi) is 2.38. The standard InChI is InChI=1S/C8H8F3N5/c1-2-14-8(7(9,10)11)15-3-5-6(16-8)13-4-12-5/h3-4,14H,2H2,1H3. The Hall–Kier alpha value is -1.57. The third kappa shape index (κ3) is 1.54. The molecule has 0 aromatic carbocycles. The van der Waals surface area contributed by atoms with Crippen molar-refractivity contribution < 1.29 is 13.2 Å². The van der Waals surface area contributed by atoms with Gasteiger partial charge in [0, 0.05) is 0 Å². The Morgan fingerprint density at radius 3 is 2.81 bits per heavy atom. The molecule has 5 nitrogen and oxygen atoms in total. The quantitative estimate of drug-likeness (QED) is 0.749. The van der Waals surface area contributed by atoms with E-state index >= 15 is 0 Å². The van der Waals surface area contributed by atoms with E-state index in [1.165, 1.54) is 0 Å². The van der Waals surface area contributed by atoms with E-state index in [0.29, 0.717) is 0 Å². The molecule has 1 unspecified atom stereocenters. The zero-order valence-corrected chi connectivity index (χ0v) is 8.28. The van der Waals surface area contributed by atoms with Crippen LogP contribution in [0.5, 0.6) is 0 Å². The van der Waals surface area contributed by atoms with Gasteiger partial charge in [-0.1, -0.05) is 6.92 Å². The second kappa shape index (κ2) is 3.48. The lowest BCUT2D eigenvalue weighted by atomic mass is 10.2. The first-order valence-electron chi connectivity index (χ1n) is 4.56. The minimum atomic E-state index is -4.61. The molecule has 0 bridgehead atoms. The second-order valence-electron chi connectivity index (χ2n) is 3.15. The number of halogens is 3. The van der Waals surface area contributed by atoms with Gasteiger partial charge in [-0.25, -0.2) is 20.0 Å². The third-order valence-electron chi connectivity index (χ3n) is 2.07. The Balaban J connectivity index is 2.43. The molecule has 2 aliphatic rings. The first-order valence-corrected chi connectivity index (χ1v) is 4.56. The lowest BCUT2D eigenvalue weighted by Crippen LogP contribution is -2.56. The van der Waals surface area contributed by atoms with Crippen molar-refractivity contribution in [3.8, 4) is 0 Å². The number of aliphatic imine (C=N–C) groups is 4. The van der Waals surface area contributed by atoms with Crippen LogP contribution < -0.4 is 5.32 Å². The average Bonchev–Trinajstić information content (AvgIpc) is 2.63. The molecule has 0 amide bonds. The summed E-state index contributed by atoms with van der Waals surface area (Å²) >= 11 is 0. The predicted octanol–water partition coefficient (Wildman–Crippen LogP) is 0.778. The maximum Gasteiger partial charge on any atom is 0.449 e. The van der Waals surface area contributed by atoms with Crippen molar-refractivity contribution in [2.24, 2.45) is 20.0 Å². The van der Waals surface area contributed by atoms with Crippen LogP contribution in [0, 0.1) is 0 Å². The summed E-state index contributed by atoms with van der Waals surface area (Å²) in [4.78, 5) is 14.2. The number of rotatable bonds is 2. The molecule has 1 N–H and O–H groups in total. The van der Waals surface area contributed by atoms with Gasteiger partial charge in [-0.3, -0.25) is 5.32 Å². The molecule has 0 aliphatic carbocycles. The number of nitrogens with zero attached hydrogens (tertiary/aromatic N) is 4. The van der Waals surface area contributed by atoms with Crippen LogP contribution in [-0.4, -0.2) is 42.6 Å². The van der Waals surface area contributed by atoms with E-state index < -0.39 is 12.0 Å².